The molecule has 1 heterocycles. The maximum atomic E-state index is 3.42. The monoisotopic (exact) mass is 359 g/mol. The van der Waals surface area contributed by atoms with Crippen molar-refractivity contribution in [1.29, 1.82) is 0 Å². The molecule has 25 heavy (non-hydrogen) atoms. The van der Waals surface area contributed by atoms with Crippen molar-refractivity contribution in [3.63, 3.8) is 0 Å². The molecule has 140 valence electrons. The van der Waals surface area contributed by atoms with Crippen molar-refractivity contribution in [2.24, 2.45) is 0 Å². The normalized spacial score (nSPS) is 11.4. The Labute approximate surface area is 159 Å². The highest BCUT2D eigenvalue weighted by Crippen LogP contribution is 2.16. The number of benzene rings is 1. The molecule has 0 saturated heterocycles. The van der Waals surface area contributed by atoms with Gasteiger partial charge < -0.3 is 4.57 Å². The maximum Gasteiger partial charge on any atom is 0.179 e. The zero-order valence-electron chi connectivity index (χ0n) is 16.3. The molecule has 0 radical (unpaired) electrons. The van der Waals surface area contributed by atoms with Crippen molar-refractivity contribution in [1.82, 2.24) is 0 Å². The Morgan fingerprint density at radius 2 is 1.24 bits per heavy atom. The van der Waals surface area contributed by atoms with E-state index in [-0.39, 0.29) is 0 Å². The first-order chi connectivity index (χ1) is 12.4. The lowest BCUT2D eigenvalue weighted by molar-refractivity contribution is -0.671. The number of aryl methyl sites for hydroxylation is 1. The highest BCUT2D eigenvalue weighted by Gasteiger charge is 2.01. The first-order valence-corrected chi connectivity index (χ1v) is 11.5. The Kier molecular flexibility index (Phi) is 10.9. The van der Waals surface area contributed by atoms with Crippen molar-refractivity contribution >= 4 is 21.6 Å². The van der Waals surface area contributed by atoms with Crippen LogP contribution in [-0.4, -0.2) is 0 Å². The molecule has 1 aromatic heterocycles. The number of thiazole rings is 1. The molecule has 0 atom stereocenters. The van der Waals surface area contributed by atoms with Crippen LogP contribution in [0.3, 0.4) is 0 Å². The molecule has 0 aliphatic heterocycles. The maximum absolute atomic E-state index is 3.42. The Hall–Kier alpha value is -0.890. The Balaban J connectivity index is 1.38. The van der Waals surface area contributed by atoms with Gasteiger partial charge in [0.05, 0.1) is 5.52 Å². The van der Waals surface area contributed by atoms with Crippen LogP contribution in [0.5, 0.6) is 0 Å². The lowest BCUT2D eigenvalue weighted by Crippen LogP contribution is -2.31. The fourth-order valence-electron chi connectivity index (χ4n) is 3.55. The van der Waals surface area contributed by atoms with Crippen LogP contribution in [0.25, 0.3) is 10.2 Å². The van der Waals surface area contributed by atoms with E-state index in [1.165, 1.54) is 100 Å². The predicted octanol–water partition coefficient (Wildman–Crippen LogP) is 7.47. The molecule has 2 rings (SSSR count). The Morgan fingerprint density at radius 3 is 1.84 bits per heavy atom. The quantitative estimate of drug-likeness (QED) is 0.176. The van der Waals surface area contributed by atoms with Gasteiger partial charge in [-0.1, -0.05) is 107 Å². The molecule has 1 aromatic carbocycles. The van der Waals surface area contributed by atoms with Gasteiger partial charge in [0.15, 0.2) is 5.51 Å². The first kappa shape index (κ1) is 20.4. The second kappa shape index (κ2) is 13.3. The van der Waals surface area contributed by atoms with Gasteiger partial charge in [-0.3, -0.25) is 0 Å². The van der Waals surface area contributed by atoms with Crippen LogP contribution in [0.2, 0.25) is 0 Å². The SMILES string of the molecule is CCCCCCCCCCCCCCCC[n+]1[c-]sc2ccccc21. The van der Waals surface area contributed by atoms with Gasteiger partial charge in [-0.05, 0) is 6.42 Å². The molecule has 0 aliphatic carbocycles. The van der Waals surface area contributed by atoms with E-state index in [0.717, 1.165) is 6.54 Å². The van der Waals surface area contributed by atoms with Gasteiger partial charge in [0.25, 0.3) is 0 Å². The van der Waals surface area contributed by atoms with Gasteiger partial charge in [0.1, 0.15) is 6.54 Å². The van der Waals surface area contributed by atoms with Crippen molar-refractivity contribution in [3.05, 3.63) is 29.8 Å². The van der Waals surface area contributed by atoms with Crippen molar-refractivity contribution in [2.45, 2.75) is 103 Å². The van der Waals surface area contributed by atoms with Gasteiger partial charge in [0, 0.05) is 6.42 Å². The molecular weight excluding hydrogens is 322 g/mol. The van der Waals surface area contributed by atoms with Crippen LogP contribution in [0.15, 0.2) is 24.3 Å². The van der Waals surface area contributed by atoms with Gasteiger partial charge in [-0.2, -0.15) is 0 Å². The van der Waals surface area contributed by atoms with E-state index in [4.69, 9.17) is 0 Å². The Bertz CT molecular complexity index is 560. The third-order valence-corrected chi connectivity index (χ3v) is 6.03. The van der Waals surface area contributed by atoms with Crippen LogP contribution < -0.4 is 4.57 Å². The van der Waals surface area contributed by atoms with Gasteiger partial charge in [-0.15, -0.1) is 6.07 Å². The van der Waals surface area contributed by atoms with Crippen LogP contribution in [-0.2, 0) is 6.54 Å². The van der Waals surface area contributed by atoms with Crippen molar-refractivity contribution in [2.75, 3.05) is 0 Å². The number of hydrogen-bond acceptors (Lipinski definition) is 1. The van der Waals surface area contributed by atoms with Crippen molar-refractivity contribution in [3.8, 4) is 0 Å². The third kappa shape index (κ3) is 8.35. The third-order valence-electron chi connectivity index (χ3n) is 5.16. The summed E-state index contributed by atoms with van der Waals surface area (Å²) < 4.78 is 3.66. The van der Waals surface area contributed by atoms with E-state index in [1.807, 2.05) is 0 Å². The zero-order chi connectivity index (χ0) is 17.6. The summed E-state index contributed by atoms with van der Waals surface area (Å²) in [7, 11) is 0. The van der Waals surface area contributed by atoms with E-state index in [1.54, 1.807) is 11.3 Å². The summed E-state index contributed by atoms with van der Waals surface area (Å²) in [5, 5.41) is 0. The molecule has 0 fully saturated rings. The largest absolute Gasteiger partial charge is 0.304 e. The Morgan fingerprint density at radius 1 is 0.720 bits per heavy atom. The number of para-hydroxylation sites is 1. The first-order valence-electron chi connectivity index (χ1n) is 10.7. The minimum Gasteiger partial charge on any atom is -0.304 e. The second-order valence-electron chi connectivity index (χ2n) is 7.41. The smallest absolute Gasteiger partial charge is 0.179 e. The van der Waals surface area contributed by atoms with E-state index < -0.39 is 0 Å². The van der Waals surface area contributed by atoms with Gasteiger partial charge in [0.2, 0.25) is 0 Å². The van der Waals surface area contributed by atoms with Gasteiger partial charge in [-0.25, -0.2) is 11.3 Å². The molecular formula is C23H37NS. The number of aromatic nitrogens is 1. The summed E-state index contributed by atoms with van der Waals surface area (Å²) in [6, 6.07) is 8.65. The number of hydrogen-bond donors (Lipinski definition) is 0. The molecule has 2 aromatic rings. The van der Waals surface area contributed by atoms with E-state index >= 15 is 0 Å². The molecule has 0 spiro atoms. The molecule has 0 amide bonds. The van der Waals surface area contributed by atoms with Crippen LogP contribution in [0, 0.1) is 5.51 Å². The van der Waals surface area contributed by atoms with Gasteiger partial charge >= 0.3 is 0 Å². The average Bonchev–Trinajstić information content (AvgIpc) is 3.05. The summed E-state index contributed by atoms with van der Waals surface area (Å²) in [6.45, 7) is 3.42. The average molecular weight is 360 g/mol. The second-order valence-corrected chi connectivity index (χ2v) is 8.24. The molecule has 0 bridgehead atoms. The van der Waals surface area contributed by atoms with E-state index in [2.05, 4.69) is 41.3 Å². The van der Waals surface area contributed by atoms with Crippen LogP contribution >= 0.6 is 11.3 Å². The molecule has 2 heteroatoms. The predicted molar refractivity (Wildman–Crippen MR) is 111 cm³/mol. The molecule has 0 aliphatic rings. The highest BCUT2D eigenvalue weighted by molar-refractivity contribution is 7.15. The molecule has 0 unspecified atom stereocenters. The summed E-state index contributed by atoms with van der Waals surface area (Å²) in [4.78, 5) is 0. The lowest BCUT2D eigenvalue weighted by atomic mass is 10.0. The number of fused-ring (bicyclic) bond motifs is 1. The number of nitrogens with zero attached hydrogens (tertiary/aromatic N) is 1. The van der Waals surface area contributed by atoms with E-state index in [9.17, 15) is 0 Å². The standard InChI is InChI=1S/C23H37NS/c1-2-3-4-5-6-7-8-9-10-11-12-13-14-17-20-24-21-25-23-19-16-15-18-22(23)24/h15-16,18-19H,2-14,17,20H2,1H3. The minimum atomic E-state index is 1.13. The molecule has 0 N–H and O–H groups in total. The van der Waals surface area contributed by atoms with Crippen molar-refractivity contribution < 1.29 is 4.57 Å². The lowest BCUT2D eigenvalue weighted by Gasteiger charge is -2.03. The summed E-state index contributed by atoms with van der Waals surface area (Å²) in [5.41, 5.74) is 4.77. The number of unbranched alkanes of at least 4 members (excludes halogenated alkanes) is 13. The van der Waals surface area contributed by atoms with Crippen LogP contribution in [0.1, 0.15) is 96.8 Å². The molecule has 0 saturated carbocycles. The summed E-state index contributed by atoms with van der Waals surface area (Å²) in [5.74, 6) is 0. The minimum absolute atomic E-state index is 1.13. The highest BCUT2D eigenvalue weighted by atomic mass is 32.1. The fourth-order valence-corrected chi connectivity index (χ4v) is 4.38. The van der Waals surface area contributed by atoms with E-state index in [0.29, 0.717) is 0 Å². The summed E-state index contributed by atoms with van der Waals surface area (Å²) >= 11 is 1.74. The topological polar surface area (TPSA) is 3.88 Å². The fraction of sp³-hybridized carbons (Fsp3) is 0.696. The number of rotatable bonds is 15. The van der Waals surface area contributed by atoms with Crippen LogP contribution in [0.4, 0.5) is 0 Å². The zero-order valence-corrected chi connectivity index (χ0v) is 17.1. The summed E-state index contributed by atoms with van der Waals surface area (Å²) in [6.07, 6.45) is 19.9. The molecule has 1 nitrogen and oxygen atoms in total.